The van der Waals surface area contributed by atoms with Crippen molar-refractivity contribution in [3.05, 3.63) is 96.1 Å². The summed E-state index contributed by atoms with van der Waals surface area (Å²) in [7, 11) is 4.03. The van der Waals surface area contributed by atoms with E-state index in [-0.39, 0.29) is 16.8 Å². The number of likely N-dealkylation sites (N-methyl/N-ethyl adjacent to an activating group) is 1. The maximum Gasteiger partial charge on any atom is 0.208 e. The summed E-state index contributed by atoms with van der Waals surface area (Å²) in [6, 6.07) is 21.3. The molecule has 0 saturated heterocycles. The average Bonchev–Trinajstić information content (AvgIpc) is 3.55. The van der Waals surface area contributed by atoms with Crippen LogP contribution >= 0.6 is 0 Å². The van der Waals surface area contributed by atoms with E-state index in [1.54, 1.807) is 6.21 Å². The molecule has 0 heterocycles. The molecule has 4 aliphatic carbocycles. The van der Waals surface area contributed by atoms with Gasteiger partial charge in [0.1, 0.15) is 6.61 Å². The number of allylic oxidation sites excluding steroid dienone is 3. The third-order valence-corrected chi connectivity index (χ3v) is 13.2. The summed E-state index contributed by atoms with van der Waals surface area (Å²) in [5, 5.41) is 30.7. The summed E-state index contributed by atoms with van der Waals surface area (Å²) < 4.78 is 0. The Morgan fingerprint density at radius 2 is 1.33 bits per heavy atom. The summed E-state index contributed by atoms with van der Waals surface area (Å²) in [6.45, 7) is 6.59. The van der Waals surface area contributed by atoms with Crippen LogP contribution in [0.2, 0.25) is 0 Å². The number of aliphatic hydroxyl groups is 2. The number of hydrogen-bond donors (Lipinski definition) is 5. The molecule has 0 spiro atoms. The van der Waals surface area contributed by atoms with Crippen LogP contribution in [0.3, 0.4) is 0 Å². The molecule has 0 bridgehead atoms. The zero-order valence-corrected chi connectivity index (χ0v) is 32.0. The van der Waals surface area contributed by atoms with Gasteiger partial charge in [0.15, 0.2) is 0 Å². The van der Waals surface area contributed by atoms with E-state index in [1.165, 1.54) is 11.1 Å². The molecule has 9 heteroatoms. The molecule has 7 N–H and O–H groups in total. The van der Waals surface area contributed by atoms with Gasteiger partial charge in [-0.2, -0.15) is 0 Å². The molecule has 4 fully saturated rings. The number of guanidine groups is 1. The van der Waals surface area contributed by atoms with Gasteiger partial charge in [0.05, 0.1) is 24.0 Å². The number of nitrogens with one attached hydrogen (secondary N) is 1. The quantitative estimate of drug-likeness (QED) is 0.0545. The molecule has 6 rings (SSSR count). The number of oxime groups is 1. The van der Waals surface area contributed by atoms with E-state index in [0.717, 1.165) is 70.8 Å². The molecule has 0 radical (unpaired) electrons. The molecule has 0 unspecified atom stereocenters. The van der Waals surface area contributed by atoms with Gasteiger partial charge in [-0.25, -0.2) is 0 Å². The Hall–Kier alpha value is -3.66. The van der Waals surface area contributed by atoms with Gasteiger partial charge in [-0.3, -0.25) is 0 Å². The molecule has 2 aromatic carbocycles. The fraction of sp³-hybridized carbons (Fsp3) is 0.581. The van der Waals surface area contributed by atoms with Crippen LogP contribution in [0, 0.1) is 22.7 Å². The molecule has 0 aromatic heterocycles. The van der Waals surface area contributed by atoms with Crippen molar-refractivity contribution < 1.29 is 15.1 Å². The largest absolute Gasteiger partial charge is 0.394 e. The number of hydrazone groups is 1. The number of rotatable bonds is 12. The third kappa shape index (κ3) is 9.10. The summed E-state index contributed by atoms with van der Waals surface area (Å²) in [5.74, 6) is 1.77. The first-order chi connectivity index (χ1) is 24.9. The molecule has 52 heavy (non-hydrogen) atoms. The summed E-state index contributed by atoms with van der Waals surface area (Å²) >= 11 is 0. The molecular formula is C43H64N6O3. The number of benzene rings is 2. The monoisotopic (exact) mass is 713 g/mol. The van der Waals surface area contributed by atoms with Crippen LogP contribution in [0.25, 0.3) is 0 Å². The lowest BCUT2D eigenvalue weighted by atomic mass is 9.59. The van der Waals surface area contributed by atoms with Crippen molar-refractivity contribution in [1.82, 2.24) is 10.3 Å². The van der Waals surface area contributed by atoms with Crippen LogP contribution in [-0.4, -0.2) is 72.3 Å². The molecule has 2 aromatic rings. The average molecular weight is 713 g/mol. The highest BCUT2D eigenvalue weighted by molar-refractivity contribution is 5.75. The van der Waals surface area contributed by atoms with Crippen molar-refractivity contribution in [3.8, 4) is 0 Å². The van der Waals surface area contributed by atoms with Gasteiger partial charge in [0.25, 0.3) is 0 Å². The zero-order valence-electron chi connectivity index (χ0n) is 32.0. The minimum Gasteiger partial charge on any atom is -0.394 e. The van der Waals surface area contributed by atoms with Gasteiger partial charge in [-0.05, 0) is 119 Å². The van der Waals surface area contributed by atoms with Crippen molar-refractivity contribution in [1.29, 1.82) is 0 Å². The molecular weight excluding hydrogens is 649 g/mol. The Balaban J connectivity index is 0.000000202. The Morgan fingerprint density at radius 1 is 0.808 bits per heavy atom. The van der Waals surface area contributed by atoms with Crippen molar-refractivity contribution in [3.63, 3.8) is 0 Å². The summed E-state index contributed by atoms with van der Waals surface area (Å²) in [6.07, 6.45) is 20.2. The van der Waals surface area contributed by atoms with Crippen LogP contribution in [-0.2, 0) is 4.84 Å². The second-order valence-electron chi connectivity index (χ2n) is 16.5. The van der Waals surface area contributed by atoms with Crippen molar-refractivity contribution in [2.75, 3.05) is 33.8 Å². The molecule has 0 aliphatic heterocycles. The lowest BCUT2D eigenvalue weighted by Crippen LogP contribution is -2.49. The van der Waals surface area contributed by atoms with Gasteiger partial charge < -0.3 is 36.8 Å². The Morgan fingerprint density at radius 3 is 1.83 bits per heavy atom. The first-order valence-corrected chi connectivity index (χ1v) is 19.4. The Kier molecular flexibility index (Phi) is 13.3. The van der Waals surface area contributed by atoms with Crippen molar-refractivity contribution >= 4 is 12.2 Å². The van der Waals surface area contributed by atoms with Gasteiger partial charge in [-0.15, -0.1) is 5.10 Å². The first-order valence-electron chi connectivity index (χ1n) is 19.4. The Labute approximate surface area is 312 Å². The fourth-order valence-electron chi connectivity index (χ4n) is 9.76. The number of nitrogens with zero attached hydrogens (tertiary/aromatic N) is 3. The van der Waals surface area contributed by atoms with E-state index >= 15 is 0 Å². The SMILES string of the molecule is CN(C)CCO/N=C/C=C/[C@H]1CC[C@]2(O)C[C@@H](c3ccccc3)CC[C@]12C.C[C@]12CC[C@H](c3ccccc3)C[C@@]1(O)CC[C@@H]2/C=C/CNN=C(N)N. The highest BCUT2D eigenvalue weighted by Gasteiger charge is 2.59. The van der Waals surface area contributed by atoms with Gasteiger partial charge >= 0.3 is 0 Å². The number of fused-ring (bicyclic) bond motifs is 2. The van der Waals surface area contributed by atoms with Gasteiger partial charge in [0.2, 0.25) is 5.96 Å². The molecule has 0 amide bonds. The number of hydrogen-bond acceptors (Lipinski definition) is 7. The predicted octanol–water partition coefficient (Wildman–Crippen LogP) is 6.66. The lowest BCUT2D eigenvalue weighted by molar-refractivity contribution is -0.0986. The second kappa shape index (κ2) is 17.4. The summed E-state index contributed by atoms with van der Waals surface area (Å²) in [4.78, 5) is 7.32. The lowest BCUT2D eigenvalue weighted by Gasteiger charge is -2.49. The predicted molar refractivity (Wildman–Crippen MR) is 213 cm³/mol. The summed E-state index contributed by atoms with van der Waals surface area (Å²) in [5.41, 5.74) is 14.9. The molecule has 4 saturated carbocycles. The highest BCUT2D eigenvalue weighted by Crippen LogP contribution is 2.62. The van der Waals surface area contributed by atoms with Crippen LogP contribution in [0.15, 0.2) is 95.2 Å². The molecule has 9 nitrogen and oxygen atoms in total. The normalized spacial score (nSPS) is 34.2. The van der Waals surface area contributed by atoms with Crippen molar-refractivity contribution in [2.24, 2.45) is 44.4 Å². The van der Waals surface area contributed by atoms with E-state index < -0.39 is 11.2 Å². The minimum atomic E-state index is -0.575. The van der Waals surface area contributed by atoms with E-state index in [1.807, 2.05) is 20.2 Å². The molecule has 4 aliphatic rings. The van der Waals surface area contributed by atoms with E-state index in [4.69, 9.17) is 16.3 Å². The number of nitrogens with two attached hydrogens (primary N) is 2. The third-order valence-electron chi connectivity index (χ3n) is 13.2. The van der Waals surface area contributed by atoms with Gasteiger partial charge in [-0.1, -0.05) is 97.9 Å². The Bertz CT molecular complexity index is 1530. The first kappa shape index (κ1) is 39.5. The van der Waals surface area contributed by atoms with Crippen molar-refractivity contribution in [2.45, 2.75) is 101 Å². The molecule has 8 atom stereocenters. The van der Waals surface area contributed by atoms with Crippen LogP contribution in [0.5, 0.6) is 0 Å². The van der Waals surface area contributed by atoms with E-state index in [9.17, 15) is 10.2 Å². The van der Waals surface area contributed by atoms with E-state index in [0.29, 0.717) is 36.8 Å². The zero-order chi connectivity index (χ0) is 37.2. The fourth-order valence-corrected chi connectivity index (χ4v) is 9.76. The maximum absolute atomic E-state index is 11.5. The standard InChI is InChI=1S/C23H34N2O2.C20H30N4O/c1-22-13-11-20(19-8-5-4-6-9-19)18-23(22,26)14-12-21(22)10-7-15-24-27-17-16-25(2)3;1-19-11-9-16(15-6-3-2-4-7-15)14-20(19,25)12-10-17(19)8-5-13-23-24-18(21)22/h4-10,15,20-21,26H,11-14,16-18H2,1-3H3;2-8,16-17,23,25H,9-14H2,1H3,(H4,21,22,24)/b10-7+,24-15+;8-5+/t20-,21-,22+,23-;16-,17-,19+,20-/m00/s1. The minimum absolute atomic E-state index is 0.0369. The van der Waals surface area contributed by atoms with Crippen LogP contribution in [0.4, 0.5) is 0 Å². The topological polar surface area (TPSA) is 142 Å². The van der Waals surface area contributed by atoms with Gasteiger partial charge in [0, 0.05) is 17.4 Å². The maximum atomic E-state index is 11.5. The van der Waals surface area contributed by atoms with Crippen LogP contribution < -0.4 is 16.9 Å². The van der Waals surface area contributed by atoms with Crippen LogP contribution in [0.1, 0.15) is 101 Å². The molecule has 284 valence electrons. The second-order valence-corrected chi connectivity index (χ2v) is 16.5. The smallest absolute Gasteiger partial charge is 0.208 e. The van der Waals surface area contributed by atoms with E-state index in [2.05, 4.69) is 113 Å². The highest BCUT2D eigenvalue weighted by atomic mass is 16.6.